The van der Waals surface area contributed by atoms with Crippen molar-refractivity contribution in [3.63, 3.8) is 0 Å². The molecule has 0 N–H and O–H groups in total. The molecule has 2 fully saturated rings. The number of hydrogen-bond donors (Lipinski definition) is 0. The minimum Gasteiger partial charge on any atom is -0.198 e. The zero-order valence-electron chi connectivity index (χ0n) is 6.88. The summed E-state index contributed by atoms with van der Waals surface area (Å²) in [4.78, 5) is 0. The van der Waals surface area contributed by atoms with Crippen LogP contribution in [0.25, 0.3) is 0 Å². The molecule has 0 heterocycles. The molecule has 11 heavy (non-hydrogen) atoms. The maximum Gasteiger partial charge on any atom is 0.0662 e. The fraction of sp³-hybridized carbons (Fsp3) is 0.700. The van der Waals surface area contributed by atoms with E-state index < -0.39 is 0 Å². The lowest BCUT2D eigenvalue weighted by atomic mass is 9.86. The predicted molar refractivity (Wildman–Crippen MR) is 43.7 cm³/mol. The third-order valence-corrected chi connectivity index (χ3v) is 3.20. The molecule has 1 nitrogen and oxygen atoms in total. The maximum atomic E-state index is 8.82. The van der Waals surface area contributed by atoms with Crippen LogP contribution in [0.5, 0.6) is 0 Å². The van der Waals surface area contributed by atoms with E-state index in [1.54, 1.807) is 5.57 Å². The summed E-state index contributed by atoms with van der Waals surface area (Å²) in [7, 11) is 0. The zero-order chi connectivity index (χ0) is 7.84. The lowest BCUT2D eigenvalue weighted by Gasteiger charge is -2.17. The summed E-state index contributed by atoms with van der Waals surface area (Å²) >= 11 is 0. The van der Waals surface area contributed by atoms with Gasteiger partial charge in [0.1, 0.15) is 0 Å². The van der Waals surface area contributed by atoms with Crippen LogP contribution in [-0.4, -0.2) is 0 Å². The number of allylic oxidation sites excluding steroid dienone is 2. The molecule has 0 spiro atoms. The monoisotopic (exact) mass is 147 g/mol. The van der Waals surface area contributed by atoms with Crippen LogP contribution in [0.4, 0.5) is 0 Å². The third-order valence-electron chi connectivity index (χ3n) is 3.20. The first-order chi connectivity index (χ1) is 5.35. The predicted octanol–water partition coefficient (Wildman–Crippen LogP) is 2.50. The molecular formula is C10H13N. The van der Waals surface area contributed by atoms with Crippen molar-refractivity contribution in [2.45, 2.75) is 26.2 Å². The first kappa shape index (κ1) is 6.91. The molecule has 0 saturated heterocycles. The molecule has 2 aliphatic carbocycles. The number of hydrogen-bond acceptors (Lipinski definition) is 1. The van der Waals surface area contributed by atoms with E-state index in [9.17, 15) is 0 Å². The Labute approximate surface area is 67.7 Å². The smallest absolute Gasteiger partial charge is 0.0662 e. The largest absolute Gasteiger partial charge is 0.198 e. The van der Waals surface area contributed by atoms with Gasteiger partial charge in [0.2, 0.25) is 0 Å². The summed E-state index contributed by atoms with van der Waals surface area (Å²) in [6.45, 7) is 2.10. The molecule has 2 rings (SSSR count). The summed E-state index contributed by atoms with van der Waals surface area (Å²) in [5.41, 5.74) is 1.55. The van der Waals surface area contributed by atoms with Gasteiger partial charge in [0.15, 0.2) is 0 Å². The molecule has 0 radical (unpaired) electrons. The molecule has 3 atom stereocenters. The van der Waals surface area contributed by atoms with Gasteiger partial charge in [-0.15, -0.1) is 0 Å². The lowest BCUT2D eigenvalue weighted by Crippen LogP contribution is -2.10. The fourth-order valence-electron chi connectivity index (χ4n) is 2.68. The van der Waals surface area contributed by atoms with Gasteiger partial charge in [0, 0.05) is 0 Å². The second-order valence-electron chi connectivity index (χ2n) is 3.75. The minimum absolute atomic E-state index is 0.347. The molecule has 0 aromatic rings. The van der Waals surface area contributed by atoms with E-state index in [0.29, 0.717) is 11.8 Å². The van der Waals surface area contributed by atoms with E-state index in [4.69, 9.17) is 5.26 Å². The number of fused-ring (bicyclic) bond motifs is 2. The summed E-state index contributed by atoms with van der Waals surface area (Å²) < 4.78 is 0. The van der Waals surface area contributed by atoms with E-state index >= 15 is 0 Å². The summed E-state index contributed by atoms with van der Waals surface area (Å²) in [5.74, 6) is 1.82. The molecule has 0 aliphatic heterocycles. The number of nitriles is 1. The molecule has 2 saturated carbocycles. The molecule has 2 bridgehead atoms. The van der Waals surface area contributed by atoms with Crippen LogP contribution in [0, 0.1) is 29.1 Å². The average Bonchev–Trinajstić information content (AvgIpc) is 2.60. The van der Waals surface area contributed by atoms with Gasteiger partial charge in [-0.3, -0.25) is 0 Å². The number of nitrogens with zero attached hydrogens (tertiary/aromatic N) is 1. The Bertz CT molecular complexity index is 234. The Hall–Kier alpha value is -0.770. The average molecular weight is 147 g/mol. The van der Waals surface area contributed by atoms with E-state index in [-0.39, 0.29) is 0 Å². The molecule has 58 valence electrons. The van der Waals surface area contributed by atoms with Gasteiger partial charge in [-0.2, -0.15) is 5.26 Å². The van der Waals surface area contributed by atoms with Crippen LogP contribution in [-0.2, 0) is 0 Å². The first-order valence-corrected chi connectivity index (χ1v) is 4.40. The van der Waals surface area contributed by atoms with Crippen LogP contribution in [0.15, 0.2) is 11.6 Å². The van der Waals surface area contributed by atoms with Crippen LogP contribution >= 0.6 is 0 Å². The second-order valence-corrected chi connectivity index (χ2v) is 3.75. The SMILES string of the molecule is CC=C1CC2CC(C#N)C1C2. The van der Waals surface area contributed by atoms with Crippen molar-refractivity contribution >= 4 is 0 Å². The van der Waals surface area contributed by atoms with Gasteiger partial charge in [-0.25, -0.2) is 0 Å². The van der Waals surface area contributed by atoms with E-state index in [1.165, 1.54) is 19.3 Å². The highest BCUT2D eigenvalue weighted by Crippen LogP contribution is 2.51. The van der Waals surface area contributed by atoms with Gasteiger partial charge in [-0.1, -0.05) is 11.6 Å². The number of rotatable bonds is 0. The highest BCUT2D eigenvalue weighted by molar-refractivity contribution is 5.21. The van der Waals surface area contributed by atoms with E-state index in [0.717, 1.165) is 5.92 Å². The zero-order valence-corrected chi connectivity index (χ0v) is 6.88. The fourth-order valence-corrected chi connectivity index (χ4v) is 2.68. The third kappa shape index (κ3) is 0.894. The minimum atomic E-state index is 0.347. The standard InChI is InChI=1S/C10H13N/c1-2-8-3-7-4-9(6-11)10(8)5-7/h2,7,9-10H,3-5H2,1H3. The van der Waals surface area contributed by atoms with Crippen molar-refractivity contribution < 1.29 is 0 Å². The highest BCUT2D eigenvalue weighted by atomic mass is 14.5. The Kier molecular flexibility index (Phi) is 1.49. The molecule has 0 aromatic heterocycles. The maximum absolute atomic E-state index is 8.82. The van der Waals surface area contributed by atoms with E-state index in [2.05, 4.69) is 19.1 Å². The molecule has 1 heteroatoms. The molecule has 0 aromatic carbocycles. The summed E-state index contributed by atoms with van der Waals surface area (Å²) in [5, 5.41) is 8.82. The van der Waals surface area contributed by atoms with Gasteiger partial charge in [0.25, 0.3) is 0 Å². The van der Waals surface area contributed by atoms with Crippen molar-refractivity contribution in [2.24, 2.45) is 17.8 Å². The van der Waals surface area contributed by atoms with Crippen molar-refractivity contribution in [2.75, 3.05) is 0 Å². The van der Waals surface area contributed by atoms with Gasteiger partial charge < -0.3 is 0 Å². The van der Waals surface area contributed by atoms with Crippen molar-refractivity contribution in [3.8, 4) is 6.07 Å². The van der Waals surface area contributed by atoms with Crippen molar-refractivity contribution in [3.05, 3.63) is 11.6 Å². The second kappa shape index (κ2) is 2.37. The molecule has 0 amide bonds. The molecule has 3 unspecified atom stereocenters. The summed E-state index contributed by atoms with van der Waals surface area (Å²) in [6, 6.07) is 2.42. The molecule has 2 aliphatic rings. The first-order valence-electron chi connectivity index (χ1n) is 4.40. The van der Waals surface area contributed by atoms with Crippen LogP contribution < -0.4 is 0 Å². The Morgan fingerprint density at radius 2 is 2.36 bits per heavy atom. The highest BCUT2D eigenvalue weighted by Gasteiger charge is 2.42. The van der Waals surface area contributed by atoms with Crippen molar-refractivity contribution in [1.29, 1.82) is 5.26 Å². The topological polar surface area (TPSA) is 23.8 Å². The van der Waals surface area contributed by atoms with E-state index in [1.807, 2.05) is 0 Å². The van der Waals surface area contributed by atoms with Gasteiger partial charge in [0.05, 0.1) is 12.0 Å². The van der Waals surface area contributed by atoms with Gasteiger partial charge >= 0.3 is 0 Å². The van der Waals surface area contributed by atoms with Gasteiger partial charge in [-0.05, 0) is 38.0 Å². The Balaban J connectivity index is 2.22. The van der Waals surface area contributed by atoms with Crippen LogP contribution in [0.3, 0.4) is 0 Å². The lowest BCUT2D eigenvalue weighted by molar-refractivity contribution is 0.482. The quantitative estimate of drug-likeness (QED) is 0.483. The van der Waals surface area contributed by atoms with Crippen LogP contribution in [0.2, 0.25) is 0 Å². The van der Waals surface area contributed by atoms with Crippen LogP contribution in [0.1, 0.15) is 26.2 Å². The van der Waals surface area contributed by atoms with Crippen molar-refractivity contribution in [1.82, 2.24) is 0 Å². The Morgan fingerprint density at radius 1 is 1.55 bits per heavy atom. The summed E-state index contributed by atoms with van der Waals surface area (Å²) in [6.07, 6.45) is 5.95. The Morgan fingerprint density at radius 3 is 2.91 bits per heavy atom. The normalized spacial score (nSPS) is 44.7. The molecular weight excluding hydrogens is 134 g/mol.